The van der Waals surface area contributed by atoms with Gasteiger partial charge in [0.25, 0.3) is 0 Å². The lowest BCUT2D eigenvalue weighted by Gasteiger charge is -2.26. The first kappa shape index (κ1) is 22.6. The predicted molar refractivity (Wildman–Crippen MR) is 93.4 cm³/mol. The summed E-state index contributed by atoms with van der Waals surface area (Å²) < 4.78 is 16.1. The van der Waals surface area contributed by atoms with E-state index in [0.717, 1.165) is 25.7 Å². The summed E-state index contributed by atoms with van der Waals surface area (Å²) >= 11 is 0. The van der Waals surface area contributed by atoms with Crippen molar-refractivity contribution in [3.8, 4) is 0 Å². The molecule has 0 aromatic carbocycles. The average Bonchev–Trinajstić information content (AvgIpc) is 2.56. The van der Waals surface area contributed by atoms with E-state index >= 15 is 0 Å². The van der Waals surface area contributed by atoms with E-state index in [9.17, 15) is 9.59 Å². The van der Waals surface area contributed by atoms with Crippen molar-refractivity contribution in [3.63, 3.8) is 0 Å². The Kier molecular flexibility index (Phi) is 12.2. The Balaban J connectivity index is 3.98. The van der Waals surface area contributed by atoms with Crippen LogP contribution in [0.3, 0.4) is 0 Å². The van der Waals surface area contributed by atoms with Crippen LogP contribution in [0.1, 0.15) is 32.1 Å². The summed E-state index contributed by atoms with van der Waals surface area (Å²) in [6.45, 7) is 1.73. The Morgan fingerprint density at radius 3 is 1.96 bits per heavy atom. The molecule has 0 atom stereocenters. The third kappa shape index (κ3) is 9.70. The molecule has 0 heterocycles. The third-order valence-electron chi connectivity index (χ3n) is 3.81. The van der Waals surface area contributed by atoms with Crippen LogP contribution in [0.15, 0.2) is 0 Å². The molecule has 24 heavy (non-hydrogen) atoms. The van der Waals surface area contributed by atoms with E-state index in [-0.39, 0.29) is 0 Å². The Bertz CT molecular complexity index is 361. The topological polar surface area (TPSA) is 129 Å². The van der Waals surface area contributed by atoms with E-state index in [1.165, 1.54) is 0 Å². The maximum atomic E-state index is 11.5. The number of urea groups is 2. The number of nitrogens with zero attached hydrogens (tertiary/aromatic N) is 1. The van der Waals surface area contributed by atoms with Crippen molar-refractivity contribution in [2.24, 2.45) is 11.5 Å². The summed E-state index contributed by atoms with van der Waals surface area (Å²) in [4.78, 5) is 23.7. The van der Waals surface area contributed by atoms with Crippen molar-refractivity contribution < 1.29 is 22.9 Å². The normalized spacial score (nSPS) is 11.3. The van der Waals surface area contributed by atoms with Gasteiger partial charge in [-0.3, -0.25) is 0 Å². The summed E-state index contributed by atoms with van der Waals surface area (Å²) in [5.74, 6) is 0. The van der Waals surface area contributed by atoms with Gasteiger partial charge >= 0.3 is 20.9 Å². The zero-order chi connectivity index (χ0) is 18.4. The summed E-state index contributed by atoms with van der Waals surface area (Å²) in [5, 5.41) is 2.54. The van der Waals surface area contributed by atoms with Gasteiger partial charge in [0.1, 0.15) is 0 Å². The molecule has 0 aliphatic carbocycles. The second-order valence-electron chi connectivity index (χ2n) is 5.43. The summed E-state index contributed by atoms with van der Waals surface area (Å²) in [5.41, 5.74) is 10.4. The number of primary amides is 2. The fraction of sp³-hybridized carbons (Fsp3) is 0.857. The van der Waals surface area contributed by atoms with Crippen LogP contribution in [-0.4, -0.2) is 66.7 Å². The largest absolute Gasteiger partial charge is 0.500 e. The van der Waals surface area contributed by atoms with Gasteiger partial charge in [-0.05, 0) is 19.3 Å². The van der Waals surface area contributed by atoms with Crippen molar-refractivity contribution >= 4 is 20.9 Å². The van der Waals surface area contributed by atoms with E-state index in [4.69, 9.17) is 24.7 Å². The monoisotopic (exact) mass is 364 g/mol. The molecule has 0 radical (unpaired) electrons. The van der Waals surface area contributed by atoms with E-state index in [0.29, 0.717) is 32.1 Å². The first-order valence-electron chi connectivity index (χ1n) is 8.14. The Labute approximate surface area is 145 Å². The van der Waals surface area contributed by atoms with Crippen molar-refractivity contribution in [1.82, 2.24) is 10.2 Å². The van der Waals surface area contributed by atoms with E-state index in [1.807, 2.05) is 0 Å². The number of amides is 4. The van der Waals surface area contributed by atoms with Gasteiger partial charge in [-0.15, -0.1) is 0 Å². The number of hydrogen-bond acceptors (Lipinski definition) is 5. The SMILES string of the molecule is CO[Si](CCCN(CCCCCCNC(N)=O)C(N)=O)(OC)OC. The highest BCUT2D eigenvalue weighted by Gasteiger charge is 2.37. The minimum Gasteiger partial charge on any atom is -0.377 e. The average molecular weight is 365 g/mol. The van der Waals surface area contributed by atoms with Gasteiger partial charge in [0, 0.05) is 47.0 Å². The lowest BCUT2D eigenvalue weighted by Crippen LogP contribution is -2.44. The smallest absolute Gasteiger partial charge is 0.377 e. The lowest BCUT2D eigenvalue weighted by molar-refractivity contribution is 0.121. The molecule has 5 N–H and O–H groups in total. The molecule has 142 valence electrons. The second kappa shape index (κ2) is 13.0. The first-order valence-corrected chi connectivity index (χ1v) is 10.1. The Morgan fingerprint density at radius 2 is 1.46 bits per heavy atom. The van der Waals surface area contributed by atoms with Crippen LogP contribution in [0.4, 0.5) is 9.59 Å². The van der Waals surface area contributed by atoms with Gasteiger partial charge < -0.3 is 35.0 Å². The van der Waals surface area contributed by atoms with Gasteiger partial charge in [-0.1, -0.05) is 12.8 Å². The second-order valence-corrected chi connectivity index (χ2v) is 8.52. The highest BCUT2D eigenvalue weighted by atomic mass is 28.4. The van der Waals surface area contributed by atoms with Gasteiger partial charge in [0.05, 0.1) is 0 Å². The van der Waals surface area contributed by atoms with E-state index < -0.39 is 20.9 Å². The molecule has 10 heteroatoms. The van der Waals surface area contributed by atoms with Crippen LogP contribution >= 0.6 is 0 Å². The number of rotatable bonds is 14. The number of carbonyl (C=O) groups is 2. The van der Waals surface area contributed by atoms with Crippen molar-refractivity contribution in [3.05, 3.63) is 0 Å². The zero-order valence-corrected chi connectivity index (χ0v) is 16.0. The van der Waals surface area contributed by atoms with Crippen LogP contribution in [0.5, 0.6) is 0 Å². The molecule has 0 spiro atoms. The van der Waals surface area contributed by atoms with Gasteiger partial charge in [0.15, 0.2) is 0 Å². The maximum Gasteiger partial charge on any atom is 0.500 e. The standard InChI is InChI=1S/C14H32N4O5Si/c1-21-24(22-2,23-3)12-8-11-18(14(16)20)10-7-5-4-6-9-17-13(15)19/h4-12H2,1-3H3,(H2,16,20)(H3,15,17,19). The minimum atomic E-state index is -2.60. The number of hydrogen-bond donors (Lipinski definition) is 3. The first-order chi connectivity index (χ1) is 11.4. The molecule has 0 unspecified atom stereocenters. The maximum absolute atomic E-state index is 11.5. The summed E-state index contributed by atoms with van der Waals surface area (Å²) in [6.07, 6.45) is 4.34. The third-order valence-corrected chi connectivity index (χ3v) is 6.64. The highest BCUT2D eigenvalue weighted by molar-refractivity contribution is 6.60. The number of nitrogens with two attached hydrogens (primary N) is 2. The van der Waals surface area contributed by atoms with Crippen molar-refractivity contribution in [2.75, 3.05) is 41.0 Å². The molecule has 0 aromatic heterocycles. The fourth-order valence-corrected chi connectivity index (χ4v) is 4.07. The molecule has 0 aliphatic heterocycles. The Hall–Kier alpha value is -1.36. The number of nitrogens with one attached hydrogen (secondary N) is 1. The van der Waals surface area contributed by atoms with Crippen LogP contribution in [0, 0.1) is 0 Å². The molecular weight excluding hydrogens is 332 g/mol. The predicted octanol–water partition coefficient (Wildman–Crippen LogP) is 0.864. The van der Waals surface area contributed by atoms with E-state index in [2.05, 4.69) is 5.32 Å². The molecule has 0 saturated heterocycles. The fourth-order valence-electron chi connectivity index (χ4n) is 2.37. The van der Waals surface area contributed by atoms with Crippen LogP contribution in [0.2, 0.25) is 6.04 Å². The molecule has 0 saturated carbocycles. The van der Waals surface area contributed by atoms with Crippen LogP contribution in [-0.2, 0) is 13.3 Å². The molecule has 0 fully saturated rings. The highest BCUT2D eigenvalue weighted by Crippen LogP contribution is 2.15. The van der Waals surface area contributed by atoms with Gasteiger partial charge in [0.2, 0.25) is 0 Å². The molecule has 9 nitrogen and oxygen atoms in total. The molecule has 0 aliphatic rings. The van der Waals surface area contributed by atoms with E-state index in [1.54, 1.807) is 26.2 Å². The Morgan fingerprint density at radius 1 is 0.917 bits per heavy atom. The van der Waals surface area contributed by atoms with Gasteiger partial charge in [-0.25, -0.2) is 9.59 Å². The molecule has 0 aromatic rings. The van der Waals surface area contributed by atoms with Crippen molar-refractivity contribution in [2.45, 2.75) is 38.1 Å². The lowest BCUT2D eigenvalue weighted by atomic mass is 10.2. The molecular formula is C14H32N4O5Si. The molecule has 0 bridgehead atoms. The molecule has 4 amide bonds. The molecule has 0 rings (SSSR count). The minimum absolute atomic E-state index is 0.426. The van der Waals surface area contributed by atoms with Crippen LogP contribution in [0.25, 0.3) is 0 Å². The van der Waals surface area contributed by atoms with Crippen LogP contribution < -0.4 is 16.8 Å². The zero-order valence-electron chi connectivity index (χ0n) is 15.0. The summed E-state index contributed by atoms with van der Waals surface area (Å²) in [7, 11) is 2.10. The number of unbranched alkanes of at least 4 members (excludes halogenated alkanes) is 3. The van der Waals surface area contributed by atoms with Gasteiger partial charge in [-0.2, -0.15) is 0 Å². The summed E-state index contributed by atoms with van der Waals surface area (Å²) in [6, 6.07) is -0.304. The number of carbonyl (C=O) groups excluding carboxylic acids is 2. The van der Waals surface area contributed by atoms with Crippen molar-refractivity contribution in [1.29, 1.82) is 0 Å². The quantitative estimate of drug-likeness (QED) is 0.311.